The van der Waals surface area contributed by atoms with Crippen molar-refractivity contribution in [2.75, 3.05) is 0 Å². The molecule has 0 aliphatic heterocycles. The number of rotatable bonds is 3. The van der Waals surface area contributed by atoms with Gasteiger partial charge >= 0.3 is 0 Å². The van der Waals surface area contributed by atoms with E-state index in [1.165, 1.54) is 0 Å². The Hall–Kier alpha value is -1.77. The van der Waals surface area contributed by atoms with E-state index in [1.54, 1.807) is 40.8 Å². The van der Waals surface area contributed by atoms with Gasteiger partial charge < -0.3 is 4.98 Å². The number of thioether (sulfide) groups is 1. The number of hydrogen-bond donors (Lipinski definition) is 1. The summed E-state index contributed by atoms with van der Waals surface area (Å²) >= 11 is 4.79. The monoisotopic (exact) mass is 374 g/mol. The molecule has 1 N–H and O–H groups in total. The zero-order valence-corrected chi connectivity index (χ0v) is 15.7. The predicted molar refractivity (Wildman–Crippen MR) is 101 cm³/mol. The summed E-state index contributed by atoms with van der Waals surface area (Å²) in [5.41, 5.74) is 1.91. The van der Waals surface area contributed by atoms with Crippen LogP contribution in [-0.2, 0) is 0 Å². The van der Waals surface area contributed by atoms with Crippen LogP contribution in [0.25, 0.3) is 20.4 Å². The van der Waals surface area contributed by atoms with Crippen molar-refractivity contribution in [1.82, 2.24) is 19.9 Å². The molecule has 0 fully saturated rings. The molecule has 122 valence electrons. The van der Waals surface area contributed by atoms with Crippen molar-refractivity contribution >= 4 is 54.9 Å². The van der Waals surface area contributed by atoms with Gasteiger partial charge in [-0.15, -0.1) is 22.7 Å². The molecule has 8 heteroatoms. The van der Waals surface area contributed by atoms with E-state index in [9.17, 15) is 4.79 Å². The van der Waals surface area contributed by atoms with Crippen LogP contribution in [0.4, 0.5) is 0 Å². The van der Waals surface area contributed by atoms with Crippen LogP contribution in [0.5, 0.6) is 0 Å². The van der Waals surface area contributed by atoms with Gasteiger partial charge in [0.2, 0.25) is 0 Å². The molecule has 4 aromatic heterocycles. The first kappa shape index (κ1) is 15.7. The van der Waals surface area contributed by atoms with Crippen molar-refractivity contribution in [2.24, 2.45) is 0 Å². The molecular formula is C16H14N4OS3. The van der Waals surface area contributed by atoms with Crippen LogP contribution in [0.2, 0.25) is 0 Å². The zero-order valence-electron chi connectivity index (χ0n) is 13.3. The number of aromatic amines is 1. The first-order valence-corrected chi connectivity index (χ1v) is 9.97. The predicted octanol–water partition coefficient (Wildman–Crippen LogP) is 4.46. The number of fused-ring (bicyclic) bond motifs is 2. The van der Waals surface area contributed by atoms with Crippen LogP contribution in [-0.4, -0.2) is 19.9 Å². The number of H-pyrrole nitrogens is 1. The Morgan fingerprint density at radius 3 is 2.96 bits per heavy atom. The average Bonchev–Trinajstić information content (AvgIpc) is 3.13. The molecule has 0 spiro atoms. The van der Waals surface area contributed by atoms with Crippen molar-refractivity contribution < 1.29 is 0 Å². The van der Waals surface area contributed by atoms with Crippen LogP contribution < -0.4 is 5.56 Å². The van der Waals surface area contributed by atoms with E-state index in [0.29, 0.717) is 11.2 Å². The molecule has 24 heavy (non-hydrogen) atoms. The molecule has 0 aliphatic rings. The Morgan fingerprint density at radius 2 is 2.12 bits per heavy atom. The summed E-state index contributed by atoms with van der Waals surface area (Å²) in [5.74, 6) is 0.682. The lowest BCUT2D eigenvalue weighted by Crippen LogP contribution is -2.12. The molecule has 1 atom stereocenters. The standard InChI is InChI=1S/C16H14N4OS3/c1-7-8(2)23-15-11(7)14(21)19-13(20-15)9(3)24-16-12-10(4-5-22-12)17-6-18-16/h4-6,9H,1-3H3,(H,19,20,21)/t9-/m0/s1. The largest absolute Gasteiger partial charge is 0.309 e. The maximum absolute atomic E-state index is 12.4. The molecule has 4 rings (SSSR count). The molecule has 0 radical (unpaired) electrons. The van der Waals surface area contributed by atoms with Crippen molar-refractivity contribution in [3.8, 4) is 0 Å². The van der Waals surface area contributed by atoms with E-state index in [0.717, 1.165) is 30.5 Å². The fourth-order valence-corrected chi connectivity index (χ4v) is 5.47. The number of nitrogens with zero attached hydrogens (tertiary/aromatic N) is 3. The topological polar surface area (TPSA) is 71.5 Å². The lowest BCUT2D eigenvalue weighted by molar-refractivity contribution is 0.921. The second kappa shape index (κ2) is 5.94. The first-order chi connectivity index (χ1) is 11.5. The molecule has 5 nitrogen and oxygen atoms in total. The van der Waals surface area contributed by atoms with Crippen LogP contribution in [0.1, 0.15) is 28.4 Å². The maximum atomic E-state index is 12.4. The Morgan fingerprint density at radius 1 is 1.29 bits per heavy atom. The van der Waals surface area contributed by atoms with Crippen LogP contribution in [0.3, 0.4) is 0 Å². The summed E-state index contributed by atoms with van der Waals surface area (Å²) in [6.07, 6.45) is 1.58. The number of aromatic nitrogens is 4. The third kappa shape index (κ3) is 2.54. The molecule has 4 heterocycles. The van der Waals surface area contributed by atoms with E-state index in [-0.39, 0.29) is 10.8 Å². The third-order valence-electron chi connectivity index (χ3n) is 3.94. The summed E-state index contributed by atoms with van der Waals surface area (Å²) in [6.45, 7) is 6.02. The summed E-state index contributed by atoms with van der Waals surface area (Å²) in [6, 6.07) is 1.99. The molecular weight excluding hydrogens is 360 g/mol. The lowest BCUT2D eigenvalue weighted by Gasteiger charge is -2.10. The van der Waals surface area contributed by atoms with Gasteiger partial charge in [0.15, 0.2) is 0 Å². The Bertz CT molecular complexity index is 1110. The minimum atomic E-state index is -0.0618. The van der Waals surface area contributed by atoms with E-state index in [1.807, 2.05) is 32.2 Å². The molecule has 0 saturated carbocycles. The van der Waals surface area contributed by atoms with Gasteiger partial charge in [0.05, 0.1) is 20.9 Å². The molecule has 0 unspecified atom stereocenters. The lowest BCUT2D eigenvalue weighted by atomic mass is 10.2. The van der Waals surface area contributed by atoms with Crippen molar-refractivity contribution in [3.05, 3.63) is 44.4 Å². The van der Waals surface area contributed by atoms with Crippen molar-refractivity contribution in [1.29, 1.82) is 0 Å². The second-order valence-corrected chi connectivity index (χ2v) is 8.94. The van der Waals surface area contributed by atoms with Gasteiger partial charge in [-0.1, -0.05) is 11.8 Å². The molecule has 4 aromatic rings. The van der Waals surface area contributed by atoms with E-state index < -0.39 is 0 Å². The second-order valence-electron chi connectivity index (χ2n) is 5.49. The van der Waals surface area contributed by atoms with E-state index >= 15 is 0 Å². The smallest absolute Gasteiger partial charge is 0.259 e. The maximum Gasteiger partial charge on any atom is 0.259 e. The molecule has 0 amide bonds. The number of aryl methyl sites for hydroxylation is 2. The van der Waals surface area contributed by atoms with E-state index in [2.05, 4.69) is 19.9 Å². The van der Waals surface area contributed by atoms with Gasteiger partial charge in [0, 0.05) is 4.88 Å². The summed E-state index contributed by atoms with van der Waals surface area (Å²) in [7, 11) is 0. The van der Waals surface area contributed by atoms with Crippen LogP contribution in [0.15, 0.2) is 27.6 Å². The number of thiophene rings is 2. The molecule has 0 bridgehead atoms. The molecule has 0 aliphatic carbocycles. The van der Waals surface area contributed by atoms with Crippen LogP contribution in [0, 0.1) is 13.8 Å². The summed E-state index contributed by atoms with van der Waals surface area (Å²) in [5, 5.41) is 3.63. The van der Waals surface area contributed by atoms with Crippen LogP contribution >= 0.6 is 34.4 Å². The Balaban J connectivity index is 1.74. The van der Waals surface area contributed by atoms with Gasteiger partial charge in [-0.3, -0.25) is 4.79 Å². The average molecular weight is 375 g/mol. The third-order valence-corrected chi connectivity index (χ3v) is 7.19. The van der Waals surface area contributed by atoms with Gasteiger partial charge in [0.25, 0.3) is 5.56 Å². The minimum Gasteiger partial charge on any atom is -0.309 e. The van der Waals surface area contributed by atoms with Gasteiger partial charge in [-0.05, 0) is 37.8 Å². The quantitative estimate of drug-likeness (QED) is 0.423. The van der Waals surface area contributed by atoms with E-state index in [4.69, 9.17) is 0 Å². The van der Waals surface area contributed by atoms with Gasteiger partial charge in [-0.2, -0.15) is 0 Å². The molecule has 0 saturated heterocycles. The Labute approximate surface area is 150 Å². The highest BCUT2D eigenvalue weighted by atomic mass is 32.2. The molecule has 0 aromatic carbocycles. The fraction of sp³-hybridized carbons (Fsp3) is 0.250. The normalized spacial score (nSPS) is 13.0. The number of hydrogen-bond acceptors (Lipinski definition) is 7. The summed E-state index contributed by atoms with van der Waals surface area (Å²) < 4.78 is 1.07. The highest BCUT2D eigenvalue weighted by Crippen LogP contribution is 2.37. The summed E-state index contributed by atoms with van der Waals surface area (Å²) in [4.78, 5) is 30.7. The van der Waals surface area contributed by atoms with Crippen molar-refractivity contribution in [3.63, 3.8) is 0 Å². The highest BCUT2D eigenvalue weighted by Gasteiger charge is 2.18. The Kier molecular flexibility index (Phi) is 3.90. The fourth-order valence-electron chi connectivity index (χ4n) is 2.54. The van der Waals surface area contributed by atoms with Gasteiger partial charge in [-0.25, -0.2) is 15.0 Å². The zero-order chi connectivity index (χ0) is 16.8. The first-order valence-electron chi connectivity index (χ1n) is 7.39. The highest BCUT2D eigenvalue weighted by molar-refractivity contribution is 7.99. The SMILES string of the molecule is Cc1sc2nc([C@H](C)Sc3ncnc4ccsc34)[nH]c(=O)c2c1C. The van der Waals surface area contributed by atoms with Crippen molar-refractivity contribution in [2.45, 2.75) is 31.0 Å². The van der Waals surface area contributed by atoms with Gasteiger partial charge in [0.1, 0.15) is 22.0 Å². The number of nitrogens with one attached hydrogen (secondary N) is 1. The minimum absolute atomic E-state index is 0.00925.